The fourth-order valence-electron chi connectivity index (χ4n) is 1.79. The van der Waals surface area contributed by atoms with Gasteiger partial charge in [-0.1, -0.05) is 18.2 Å². The molecular weight excluding hydrogens is 262 g/mol. The van der Waals surface area contributed by atoms with Gasteiger partial charge in [-0.3, -0.25) is 0 Å². The van der Waals surface area contributed by atoms with Crippen LogP contribution >= 0.6 is 0 Å². The van der Waals surface area contributed by atoms with Crippen molar-refractivity contribution >= 4 is 12.6 Å². The van der Waals surface area contributed by atoms with Gasteiger partial charge in [0.2, 0.25) is 0 Å². The molecule has 0 saturated heterocycles. The van der Waals surface area contributed by atoms with E-state index in [-0.39, 0.29) is 12.4 Å². The molecule has 20 heavy (non-hydrogen) atoms. The summed E-state index contributed by atoms with van der Waals surface area (Å²) in [6.45, 7) is 0.132. The Morgan fingerprint density at radius 1 is 1.15 bits per heavy atom. The molecule has 0 unspecified atom stereocenters. The summed E-state index contributed by atoms with van der Waals surface area (Å²) in [6.07, 6.45) is 0. The number of hydrogen-bond acceptors (Lipinski definition) is 4. The van der Waals surface area contributed by atoms with Gasteiger partial charge in [0, 0.05) is 11.6 Å². The maximum atomic E-state index is 13.0. The highest BCUT2D eigenvalue weighted by atomic mass is 19.1. The molecule has 0 aliphatic heterocycles. The van der Waals surface area contributed by atoms with Crippen LogP contribution in [0.25, 0.3) is 0 Å². The molecule has 0 bridgehead atoms. The first-order chi connectivity index (χ1) is 9.60. The Hall–Kier alpha value is -2.05. The Balaban J connectivity index is 2.17. The lowest BCUT2D eigenvalue weighted by atomic mass is 9.79. The summed E-state index contributed by atoms with van der Waals surface area (Å²) in [5.41, 5.74) is 0.978. The van der Waals surface area contributed by atoms with Crippen LogP contribution in [0.15, 0.2) is 42.5 Å². The molecule has 2 aromatic rings. The van der Waals surface area contributed by atoms with Crippen LogP contribution in [0.4, 0.5) is 4.39 Å². The number of rotatable bonds is 5. The Labute approximate surface area is 116 Å². The zero-order valence-electron chi connectivity index (χ0n) is 10.9. The third kappa shape index (κ3) is 3.49. The van der Waals surface area contributed by atoms with Crippen molar-refractivity contribution in [1.29, 1.82) is 0 Å². The van der Waals surface area contributed by atoms with Crippen LogP contribution in [-0.2, 0) is 6.61 Å². The molecule has 0 saturated carbocycles. The van der Waals surface area contributed by atoms with Gasteiger partial charge >= 0.3 is 7.12 Å². The van der Waals surface area contributed by atoms with Crippen molar-refractivity contribution in [2.75, 3.05) is 7.11 Å². The predicted molar refractivity (Wildman–Crippen MR) is 73.6 cm³/mol. The van der Waals surface area contributed by atoms with E-state index in [1.165, 1.54) is 19.2 Å². The Bertz CT molecular complexity index is 589. The minimum atomic E-state index is -1.56. The second-order valence-corrected chi connectivity index (χ2v) is 4.19. The van der Waals surface area contributed by atoms with Gasteiger partial charge in [-0.05, 0) is 23.7 Å². The van der Waals surface area contributed by atoms with Gasteiger partial charge < -0.3 is 19.5 Å². The predicted octanol–water partition coefficient (Wildman–Crippen LogP) is 1.09. The largest absolute Gasteiger partial charge is 0.496 e. The highest BCUT2D eigenvalue weighted by molar-refractivity contribution is 6.58. The summed E-state index contributed by atoms with van der Waals surface area (Å²) in [4.78, 5) is 0. The van der Waals surface area contributed by atoms with E-state index >= 15 is 0 Å². The molecule has 0 aliphatic carbocycles. The van der Waals surface area contributed by atoms with Crippen LogP contribution in [0.5, 0.6) is 11.5 Å². The smallest absolute Gasteiger partial charge is 0.488 e. The normalized spacial score (nSPS) is 10.2. The second kappa shape index (κ2) is 6.41. The van der Waals surface area contributed by atoms with Crippen LogP contribution in [-0.4, -0.2) is 24.3 Å². The van der Waals surface area contributed by atoms with Gasteiger partial charge in [-0.15, -0.1) is 0 Å². The highest BCUT2D eigenvalue weighted by Crippen LogP contribution is 2.20. The number of ether oxygens (including phenoxy) is 2. The van der Waals surface area contributed by atoms with Crippen LogP contribution in [0.2, 0.25) is 0 Å². The molecule has 0 amide bonds. The first-order valence-electron chi connectivity index (χ1n) is 6.01. The summed E-state index contributed by atoms with van der Waals surface area (Å²) in [5, 5.41) is 18.3. The monoisotopic (exact) mass is 276 g/mol. The lowest BCUT2D eigenvalue weighted by Crippen LogP contribution is -2.30. The average Bonchev–Trinajstić information content (AvgIpc) is 2.44. The van der Waals surface area contributed by atoms with Crippen molar-refractivity contribution in [2.45, 2.75) is 6.61 Å². The first-order valence-corrected chi connectivity index (χ1v) is 6.01. The van der Waals surface area contributed by atoms with Crippen molar-refractivity contribution in [3.63, 3.8) is 0 Å². The van der Waals surface area contributed by atoms with Gasteiger partial charge in [-0.25, -0.2) is 4.39 Å². The summed E-state index contributed by atoms with van der Waals surface area (Å²) in [5.74, 6) is 0.571. The van der Waals surface area contributed by atoms with Crippen molar-refractivity contribution < 1.29 is 23.9 Å². The van der Waals surface area contributed by atoms with Gasteiger partial charge in [0.25, 0.3) is 0 Å². The standard InChI is InChI=1S/C14H14BFO4/c1-19-14-6-5-11(15(17)18)7-10(14)9-20-13-4-2-3-12(16)8-13/h2-8,17-18H,9H2,1H3. The van der Waals surface area contributed by atoms with Crippen molar-refractivity contribution in [3.8, 4) is 11.5 Å². The third-order valence-corrected chi connectivity index (χ3v) is 2.79. The molecule has 2 rings (SSSR count). The molecule has 0 aliphatic rings. The van der Waals surface area contributed by atoms with Crippen molar-refractivity contribution in [3.05, 3.63) is 53.8 Å². The SMILES string of the molecule is COc1ccc(B(O)O)cc1COc1cccc(F)c1. The van der Waals surface area contributed by atoms with Crippen molar-refractivity contribution in [2.24, 2.45) is 0 Å². The molecule has 2 aromatic carbocycles. The average molecular weight is 276 g/mol. The molecule has 0 heterocycles. The van der Waals surface area contributed by atoms with Gasteiger partial charge in [-0.2, -0.15) is 0 Å². The molecule has 0 atom stereocenters. The van der Waals surface area contributed by atoms with Gasteiger partial charge in [0.1, 0.15) is 23.9 Å². The molecule has 6 heteroatoms. The Kier molecular flexibility index (Phi) is 4.60. The fraction of sp³-hybridized carbons (Fsp3) is 0.143. The zero-order valence-corrected chi connectivity index (χ0v) is 10.9. The van der Waals surface area contributed by atoms with E-state index in [4.69, 9.17) is 19.5 Å². The van der Waals surface area contributed by atoms with E-state index < -0.39 is 7.12 Å². The van der Waals surface area contributed by atoms with Crippen LogP contribution < -0.4 is 14.9 Å². The molecule has 0 fully saturated rings. The van der Waals surface area contributed by atoms with Crippen molar-refractivity contribution in [1.82, 2.24) is 0 Å². The zero-order chi connectivity index (χ0) is 14.5. The summed E-state index contributed by atoms with van der Waals surface area (Å²) in [6, 6.07) is 10.5. The van der Waals surface area contributed by atoms with E-state index in [1.54, 1.807) is 30.3 Å². The minimum Gasteiger partial charge on any atom is -0.496 e. The quantitative estimate of drug-likeness (QED) is 0.803. The van der Waals surface area contributed by atoms with Gasteiger partial charge in [0.15, 0.2) is 0 Å². The molecule has 2 N–H and O–H groups in total. The summed E-state index contributed by atoms with van der Waals surface area (Å²) < 4.78 is 23.7. The Morgan fingerprint density at radius 2 is 1.95 bits per heavy atom. The number of hydrogen-bond donors (Lipinski definition) is 2. The topological polar surface area (TPSA) is 58.9 Å². The van der Waals surface area contributed by atoms with E-state index in [0.717, 1.165) is 0 Å². The lowest BCUT2D eigenvalue weighted by Gasteiger charge is -2.12. The maximum Gasteiger partial charge on any atom is 0.488 e. The molecule has 0 spiro atoms. The van der Waals surface area contributed by atoms with E-state index in [9.17, 15) is 4.39 Å². The number of benzene rings is 2. The van der Waals surface area contributed by atoms with E-state index in [2.05, 4.69) is 0 Å². The van der Waals surface area contributed by atoms with Crippen LogP contribution in [0.3, 0.4) is 0 Å². The Morgan fingerprint density at radius 3 is 2.60 bits per heavy atom. The molecular formula is C14H14BFO4. The maximum absolute atomic E-state index is 13.0. The molecule has 0 aromatic heterocycles. The minimum absolute atomic E-state index is 0.132. The first kappa shape index (κ1) is 14.4. The molecule has 104 valence electrons. The molecule has 4 nitrogen and oxygen atoms in total. The van der Waals surface area contributed by atoms with Gasteiger partial charge in [0.05, 0.1) is 7.11 Å². The van der Waals surface area contributed by atoms with E-state index in [0.29, 0.717) is 22.5 Å². The lowest BCUT2D eigenvalue weighted by molar-refractivity contribution is 0.295. The molecule has 0 radical (unpaired) electrons. The number of halogens is 1. The summed E-state index contributed by atoms with van der Waals surface area (Å²) >= 11 is 0. The highest BCUT2D eigenvalue weighted by Gasteiger charge is 2.14. The van der Waals surface area contributed by atoms with Crippen LogP contribution in [0.1, 0.15) is 5.56 Å². The van der Waals surface area contributed by atoms with E-state index in [1.807, 2.05) is 0 Å². The third-order valence-electron chi connectivity index (χ3n) is 2.79. The fourth-order valence-corrected chi connectivity index (χ4v) is 1.79. The second-order valence-electron chi connectivity index (χ2n) is 4.19. The summed E-state index contributed by atoms with van der Waals surface area (Å²) in [7, 11) is -0.0513. The number of methoxy groups -OCH3 is 1. The van der Waals surface area contributed by atoms with Crippen LogP contribution in [0, 0.1) is 5.82 Å².